The Balaban J connectivity index is 2.30. The van der Waals surface area contributed by atoms with E-state index in [0.717, 1.165) is 12.0 Å². The number of aryl methyl sites for hydroxylation is 1. The summed E-state index contributed by atoms with van der Waals surface area (Å²) in [6.07, 6.45) is 0.973. The lowest BCUT2D eigenvalue weighted by molar-refractivity contribution is 0.594. The summed E-state index contributed by atoms with van der Waals surface area (Å²) in [6.45, 7) is 3.76. The standard InChI is InChI=1S/C14H19NO2S2/c1-3-9-5-7-10(8-6-9)11-12(14(15)18)13(11)19(16,17)4-2/h5-8,11-13H,3-4H2,1-2H3,(H2,15,18). The minimum absolute atomic E-state index is 0.0617. The molecule has 2 rings (SSSR count). The normalized spacial score (nSPS) is 26.1. The summed E-state index contributed by atoms with van der Waals surface area (Å²) in [4.78, 5) is 0.312. The predicted molar refractivity (Wildman–Crippen MR) is 82.1 cm³/mol. The maximum Gasteiger partial charge on any atom is 0.154 e. The van der Waals surface area contributed by atoms with Gasteiger partial charge < -0.3 is 5.73 Å². The Labute approximate surface area is 120 Å². The summed E-state index contributed by atoms with van der Waals surface area (Å²) in [5.74, 6) is -0.124. The van der Waals surface area contributed by atoms with Gasteiger partial charge in [0.1, 0.15) is 0 Å². The second-order valence-electron chi connectivity index (χ2n) is 4.97. The van der Waals surface area contributed by atoms with E-state index in [4.69, 9.17) is 18.0 Å². The van der Waals surface area contributed by atoms with Crippen molar-refractivity contribution in [3.8, 4) is 0 Å². The summed E-state index contributed by atoms with van der Waals surface area (Å²) in [6, 6.07) is 8.08. The molecule has 0 saturated heterocycles. The van der Waals surface area contributed by atoms with Gasteiger partial charge in [0, 0.05) is 17.6 Å². The average molecular weight is 297 g/mol. The van der Waals surface area contributed by atoms with Gasteiger partial charge in [-0.1, -0.05) is 50.3 Å². The van der Waals surface area contributed by atoms with Crippen LogP contribution in [0.4, 0.5) is 0 Å². The quantitative estimate of drug-likeness (QED) is 0.845. The van der Waals surface area contributed by atoms with E-state index in [9.17, 15) is 8.42 Å². The minimum Gasteiger partial charge on any atom is -0.393 e. The van der Waals surface area contributed by atoms with Gasteiger partial charge in [-0.2, -0.15) is 0 Å². The van der Waals surface area contributed by atoms with Gasteiger partial charge in [0.25, 0.3) is 0 Å². The number of rotatable bonds is 5. The third kappa shape index (κ3) is 2.67. The molecule has 0 heterocycles. The third-order valence-corrected chi connectivity index (χ3v) is 6.37. The van der Waals surface area contributed by atoms with Crippen molar-refractivity contribution in [2.24, 2.45) is 11.7 Å². The van der Waals surface area contributed by atoms with Crippen molar-refractivity contribution in [1.82, 2.24) is 0 Å². The van der Waals surface area contributed by atoms with E-state index in [0.29, 0.717) is 4.99 Å². The highest BCUT2D eigenvalue weighted by molar-refractivity contribution is 7.92. The van der Waals surface area contributed by atoms with Crippen LogP contribution in [0.25, 0.3) is 0 Å². The SMILES string of the molecule is CCc1ccc(C2C(C(N)=S)C2S(=O)(=O)CC)cc1. The van der Waals surface area contributed by atoms with Crippen LogP contribution in [0, 0.1) is 5.92 Å². The minimum atomic E-state index is -3.10. The van der Waals surface area contributed by atoms with Gasteiger partial charge in [-0.3, -0.25) is 0 Å². The zero-order valence-electron chi connectivity index (χ0n) is 11.2. The van der Waals surface area contributed by atoms with E-state index in [1.165, 1.54) is 5.56 Å². The molecule has 19 heavy (non-hydrogen) atoms. The fraction of sp³-hybridized carbons (Fsp3) is 0.500. The summed E-state index contributed by atoms with van der Waals surface area (Å²) in [5.41, 5.74) is 7.96. The van der Waals surface area contributed by atoms with Crippen molar-refractivity contribution in [2.75, 3.05) is 5.75 Å². The maximum atomic E-state index is 12.1. The lowest BCUT2D eigenvalue weighted by Crippen LogP contribution is -2.18. The molecule has 1 aromatic rings. The van der Waals surface area contributed by atoms with Crippen LogP contribution >= 0.6 is 12.2 Å². The number of thiocarbonyl (C=S) groups is 1. The highest BCUT2D eigenvalue weighted by Gasteiger charge is 2.59. The summed E-state index contributed by atoms with van der Waals surface area (Å²) in [7, 11) is -3.10. The molecule has 3 unspecified atom stereocenters. The largest absolute Gasteiger partial charge is 0.393 e. The van der Waals surface area contributed by atoms with Crippen LogP contribution in [-0.2, 0) is 16.3 Å². The molecular formula is C14H19NO2S2. The molecule has 3 nitrogen and oxygen atoms in total. The molecule has 0 aromatic heterocycles. The molecule has 0 amide bonds. The van der Waals surface area contributed by atoms with Gasteiger partial charge in [0.15, 0.2) is 9.84 Å². The Hall–Kier alpha value is -0.940. The van der Waals surface area contributed by atoms with Crippen LogP contribution in [0.3, 0.4) is 0 Å². The van der Waals surface area contributed by atoms with Gasteiger partial charge in [-0.05, 0) is 17.5 Å². The molecular weight excluding hydrogens is 278 g/mol. The highest BCUT2D eigenvalue weighted by atomic mass is 32.2. The number of benzene rings is 1. The van der Waals surface area contributed by atoms with E-state index in [1.807, 2.05) is 24.3 Å². The molecule has 5 heteroatoms. The first kappa shape index (κ1) is 14.5. The molecule has 1 aromatic carbocycles. The smallest absolute Gasteiger partial charge is 0.154 e. The fourth-order valence-electron chi connectivity index (χ4n) is 2.63. The second-order valence-corrected chi connectivity index (χ2v) is 7.88. The van der Waals surface area contributed by atoms with Crippen molar-refractivity contribution in [3.63, 3.8) is 0 Å². The molecule has 3 atom stereocenters. The molecule has 104 valence electrons. The number of sulfone groups is 1. The fourth-order valence-corrected chi connectivity index (χ4v) is 4.84. The van der Waals surface area contributed by atoms with Gasteiger partial charge in [0.2, 0.25) is 0 Å². The van der Waals surface area contributed by atoms with Crippen molar-refractivity contribution >= 4 is 27.0 Å². The monoisotopic (exact) mass is 297 g/mol. The Bertz CT molecular complexity index is 578. The first-order valence-corrected chi connectivity index (χ1v) is 8.64. The van der Waals surface area contributed by atoms with Crippen molar-refractivity contribution in [2.45, 2.75) is 31.4 Å². The van der Waals surface area contributed by atoms with Gasteiger partial charge in [-0.25, -0.2) is 8.42 Å². The van der Waals surface area contributed by atoms with Crippen LogP contribution in [-0.4, -0.2) is 24.4 Å². The Morgan fingerprint density at radius 2 is 1.84 bits per heavy atom. The van der Waals surface area contributed by atoms with Crippen LogP contribution in [0.1, 0.15) is 30.9 Å². The van der Waals surface area contributed by atoms with Crippen LogP contribution in [0.5, 0.6) is 0 Å². The van der Waals surface area contributed by atoms with Crippen molar-refractivity contribution < 1.29 is 8.42 Å². The number of hydrogen-bond acceptors (Lipinski definition) is 3. The third-order valence-electron chi connectivity index (χ3n) is 3.87. The van der Waals surface area contributed by atoms with Crippen molar-refractivity contribution in [1.29, 1.82) is 0 Å². The lowest BCUT2D eigenvalue weighted by atomic mass is 10.1. The first-order valence-electron chi connectivity index (χ1n) is 6.52. The van der Waals surface area contributed by atoms with Crippen LogP contribution < -0.4 is 5.73 Å². The molecule has 0 bridgehead atoms. The molecule has 1 aliphatic carbocycles. The molecule has 0 radical (unpaired) electrons. The van der Waals surface area contributed by atoms with Gasteiger partial charge in [0.05, 0.1) is 10.2 Å². The average Bonchev–Trinajstić information content (AvgIpc) is 3.15. The van der Waals surface area contributed by atoms with Crippen LogP contribution in [0.15, 0.2) is 24.3 Å². The first-order chi connectivity index (χ1) is 8.92. The maximum absolute atomic E-state index is 12.1. The second kappa shape index (κ2) is 5.21. The summed E-state index contributed by atoms with van der Waals surface area (Å²) in [5, 5.41) is -0.428. The number of hydrogen-bond donors (Lipinski definition) is 1. The molecule has 1 aliphatic rings. The zero-order valence-corrected chi connectivity index (χ0v) is 12.8. The molecule has 0 spiro atoms. The summed E-state index contributed by atoms with van der Waals surface area (Å²) < 4.78 is 24.1. The summed E-state index contributed by atoms with van der Waals surface area (Å²) >= 11 is 5.01. The van der Waals surface area contributed by atoms with E-state index in [-0.39, 0.29) is 17.6 Å². The van der Waals surface area contributed by atoms with Gasteiger partial charge in [-0.15, -0.1) is 0 Å². The molecule has 0 aliphatic heterocycles. The Morgan fingerprint density at radius 3 is 2.26 bits per heavy atom. The molecule has 1 fully saturated rings. The highest BCUT2D eigenvalue weighted by Crippen LogP contribution is 2.52. The topological polar surface area (TPSA) is 60.2 Å². The lowest BCUT2D eigenvalue weighted by Gasteiger charge is -2.02. The predicted octanol–water partition coefficient (Wildman–Crippen LogP) is 2.05. The van der Waals surface area contributed by atoms with E-state index >= 15 is 0 Å². The Morgan fingerprint density at radius 1 is 1.26 bits per heavy atom. The molecule has 1 saturated carbocycles. The molecule has 2 N–H and O–H groups in total. The Kier molecular flexibility index (Phi) is 3.97. The van der Waals surface area contributed by atoms with Gasteiger partial charge >= 0.3 is 0 Å². The van der Waals surface area contributed by atoms with Crippen LogP contribution in [0.2, 0.25) is 0 Å². The van der Waals surface area contributed by atoms with E-state index in [2.05, 4.69) is 6.92 Å². The zero-order chi connectivity index (χ0) is 14.2. The van der Waals surface area contributed by atoms with E-state index in [1.54, 1.807) is 6.92 Å². The number of nitrogens with two attached hydrogens (primary N) is 1. The van der Waals surface area contributed by atoms with Crippen molar-refractivity contribution in [3.05, 3.63) is 35.4 Å². The van der Waals surface area contributed by atoms with E-state index < -0.39 is 15.1 Å².